The summed E-state index contributed by atoms with van der Waals surface area (Å²) in [6.07, 6.45) is 6.07. The predicted molar refractivity (Wildman–Crippen MR) is 115 cm³/mol. The highest BCUT2D eigenvalue weighted by Gasteiger charge is 2.61. The molecule has 6 nitrogen and oxygen atoms in total. The summed E-state index contributed by atoms with van der Waals surface area (Å²) < 4.78 is 6.24. The van der Waals surface area contributed by atoms with Gasteiger partial charge in [0.2, 0.25) is 17.7 Å². The highest BCUT2D eigenvalue weighted by atomic mass is 79.9. The molecule has 3 saturated carbocycles. The fraction of sp³-hybridized carbons (Fsp3) is 0.609. The summed E-state index contributed by atoms with van der Waals surface area (Å²) in [5.74, 6) is 1.36. The molecule has 4 fully saturated rings. The molecule has 4 atom stereocenters. The monoisotopic (exact) mass is 474 g/mol. The predicted octanol–water partition coefficient (Wildman–Crippen LogP) is 3.99. The van der Waals surface area contributed by atoms with Gasteiger partial charge in [-0.1, -0.05) is 15.9 Å². The van der Waals surface area contributed by atoms with Crippen LogP contribution in [0.4, 0.5) is 5.69 Å². The van der Waals surface area contributed by atoms with Gasteiger partial charge in [-0.25, -0.2) is 0 Å². The van der Waals surface area contributed by atoms with Crippen molar-refractivity contribution in [1.29, 1.82) is 0 Å². The number of hydrogen-bond donors (Lipinski definition) is 1. The quantitative estimate of drug-likeness (QED) is 0.669. The van der Waals surface area contributed by atoms with Gasteiger partial charge in [-0.2, -0.15) is 0 Å². The number of ether oxygens (including phenoxy) is 1. The molecule has 1 saturated heterocycles. The van der Waals surface area contributed by atoms with Crippen molar-refractivity contribution < 1.29 is 19.1 Å². The molecule has 0 spiro atoms. The van der Waals surface area contributed by atoms with Gasteiger partial charge in [0.1, 0.15) is 5.75 Å². The van der Waals surface area contributed by atoms with E-state index in [0.717, 1.165) is 23.7 Å². The Labute approximate surface area is 184 Å². The highest BCUT2D eigenvalue weighted by molar-refractivity contribution is 9.10. The van der Waals surface area contributed by atoms with E-state index in [1.54, 1.807) is 12.0 Å². The summed E-state index contributed by atoms with van der Waals surface area (Å²) in [5.41, 5.74) is 0.654. The van der Waals surface area contributed by atoms with Gasteiger partial charge in [-0.05, 0) is 75.0 Å². The van der Waals surface area contributed by atoms with Crippen molar-refractivity contribution in [1.82, 2.24) is 4.90 Å². The Morgan fingerprint density at radius 1 is 1.03 bits per heavy atom. The Kier molecular flexibility index (Phi) is 5.12. The van der Waals surface area contributed by atoms with Gasteiger partial charge in [0.15, 0.2) is 0 Å². The van der Waals surface area contributed by atoms with Crippen molar-refractivity contribution in [2.24, 2.45) is 29.6 Å². The molecule has 3 aliphatic carbocycles. The first-order valence-electron chi connectivity index (χ1n) is 11.0. The van der Waals surface area contributed by atoms with E-state index >= 15 is 0 Å². The lowest BCUT2D eigenvalue weighted by molar-refractivity contribution is -0.144. The normalized spacial score (nSPS) is 34.9. The Morgan fingerprint density at radius 2 is 1.67 bits per heavy atom. The number of fused-ring (bicyclic) bond motifs is 5. The number of amides is 3. The van der Waals surface area contributed by atoms with Crippen molar-refractivity contribution in [3.05, 3.63) is 22.7 Å². The van der Waals surface area contributed by atoms with Crippen molar-refractivity contribution in [2.45, 2.75) is 51.0 Å². The van der Waals surface area contributed by atoms with Crippen molar-refractivity contribution >= 4 is 39.3 Å². The van der Waals surface area contributed by atoms with Crippen LogP contribution in [0.15, 0.2) is 22.7 Å². The van der Waals surface area contributed by atoms with Crippen LogP contribution < -0.4 is 10.1 Å². The number of imide groups is 1. The van der Waals surface area contributed by atoms with Crippen LogP contribution in [0.2, 0.25) is 0 Å². The third-order valence-corrected chi connectivity index (χ3v) is 8.31. The van der Waals surface area contributed by atoms with Crippen LogP contribution in [0.25, 0.3) is 0 Å². The van der Waals surface area contributed by atoms with Crippen LogP contribution in [-0.4, -0.2) is 35.8 Å². The number of halogens is 1. The van der Waals surface area contributed by atoms with Crippen LogP contribution in [0, 0.1) is 29.6 Å². The van der Waals surface area contributed by atoms with Crippen molar-refractivity contribution in [2.75, 3.05) is 12.4 Å². The van der Waals surface area contributed by atoms with Gasteiger partial charge >= 0.3 is 0 Å². The number of carbonyl (C=O) groups excluding carboxylic acids is 3. The molecule has 1 aromatic rings. The summed E-state index contributed by atoms with van der Waals surface area (Å²) in [6, 6.07) is 5.47. The van der Waals surface area contributed by atoms with Crippen LogP contribution in [0.5, 0.6) is 5.75 Å². The number of nitrogens with zero attached hydrogens (tertiary/aromatic N) is 1. The van der Waals surface area contributed by atoms with E-state index in [-0.39, 0.29) is 41.5 Å². The van der Waals surface area contributed by atoms with Crippen molar-refractivity contribution in [3.8, 4) is 5.75 Å². The van der Waals surface area contributed by atoms with Gasteiger partial charge in [0.25, 0.3) is 0 Å². The Bertz CT molecular complexity index is 867. The van der Waals surface area contributed by atoms with E-state index in [4.69, 9.17) is 4.74 Å². The number of benzene rings is 1. The van der Waals surface area contributed by atoms with E-state index in [0.29, 0.717) is 49.0 Å². The number of hydrogen-bond acceptors (Lipinski definition) is 4. The first kappa shape index (κ1) is 20.0. The zero-order chi connectivity index (χ0) is 21.0. The number of likely N-dealkylation sites (tertiary alicyclic amines) is 1. The zero-order valence-corrected chi connectivity index (χ0v) is 18.7. The molecule has 160 valence electrons. The first-order chi connectivity index (χ1) is 14.5. The van der Waals surface area contributed by atoms with Crippen LogP contribution >= 0.6 is 15.9 Å². The van der Waals surface area contributed by atoms with E-state index in [1.165, 1.54) is 0 Å². The molecular weight excluding hydrogens is 448 g/mol. The maximum atomic E-state index is 13.0. The molecule has 7 heteroatoms. The Balaban J connectivity index is 1.21. The van der Waals surface area contributed by atoms with Gasteiger partial charge in [0.05, 0.1) is 24.6 Å². The lowest BCUT2D eigenvalue weighted by atomic mass is 9.81. The number of rotatable bonds is 4. The van der Waals surface area contributed by atoms with E-state index in [9.17, 15) is 14.4 Å². The Hall–Kier alpha value is -1.89. The molecule has 1 aliphatic heterocycles. The molecular formula is C23H27BrN2O4. The maximum absolute atomic E-state index is 13.0. The van der Waals surface area contributed by atoms with Gasteiger partial charge < -0.3 is 10.1 Å². The molecule has 2 bridgehead atoms. The van der Waals surface area contributed by atoms with Crippen LogP contribution in [0.1, 0.15) is 44.9 Å². The summed E-state index contributed by atoms with van der Waals surface area (Å²) in [7, 11) is 1.58. The van der Waals surface area contributed by atoms with Crippen LogP contribution in [-0.2, 0) is 14.4 Å². The standard InChI is InChI=1S/C23H27BrN2O4/c1-30-18-11-15(24)6-9-17(18)25-21(27)12-4-7-16(8-5-12)26-22(28)19-13-2-3-14(10-13)20(19)23(26)29/h6,9,11-14,16,19-20H,2-5,7-8,10H2,1H3,(H,25,27)/t12?,13-,14+,16?,19-,20+. The summed E-state index contributed by atoms with van der Waals surface area (Å²) in [5, 5.41) is 2.98. The average Bonchev–Trinajstić information content (AvgIpc) is 3.43. The number of methoxy groups -OCH3 is 1. The summed E-state index contributed by atoms with van der Waals surface area (Å²) >= 11 is 3.40. The zero-order valence-electron chi connectivity index (χ0n) is 17.1. The molecule has 4 aliphatic rings. The van der Waals surface area contributed by atoms with Gasteiger partial charge in [-0.3, -0.25) is 19.3 Å². The molecule has 1 N–H and O–H groups in total. The van der Waals surface area contributed by atoms with E-state index in [1.807, 2.05) is 18.2 Å². The summed E-state index contributed by atoms with van der Waals surface area (Å²) in [4.78, 5) is 40.5. The fourth-order valence-corrected chi connectivity index (χ4v) is 6.73. The second-order valence-corrected chi connectivity index (χ2v) is 10.2. The maximum Gasteiger partial charge on any atom is 0.233 e. The third-order valence-electron chi connectivity index (χ3n) is 7.82. The van der Waals surface area contributed by atoms with Crippen molar-refractivity contribution in [3.63, 3.8) is 0 Å². The van der Waals surface area contributed by atoms with E-state index in [2.05, 4.69) is 21.2 Å². The molecule has 0 radical (unpaired) electrons. The third kappa shape index (κ3) is 3.17. The lowest BCUT2D eigenvalue weighted by Gasteiger charge is -2.33. The Morgan fingerprint density at radius 3 is 2.27 bits per heavy atom. The molecule has 30 heavy (non-hydrogen) atoms. The second kappa shape index (κ2) is 7.66. The molecule has 0 aromatic heterocycles. The molecule has 1 aromatic carbocycles. The SMILES string of the molecule is COc1cc(Br)ccc1NC(=O)C1CCC(N2C(=O)[C@@H]3[C@@H]4CC[C@@H](C4)[C@@H]3C2=O)CC1. The average molecular weight is 475 g/mol. The minimum atomic E-state index is -0.113. The molecule has 1 heterocycles. The van der Waals surface area contributed by atoms with Crippen LogP contribution in [0.3, 0.4) is 0 Å². The van der Waals surface area contributed by atoms with E-state index < -0.39 is 0 Å². The largest absolute Gasteiger partial charge is 0.495 e. The molecule has 5 rings (SSSR count). The summed E-state index contributed by atoms with van der Waals surface area (Å²) in [6.45, 7) is 0. The minimum Gasteiger partial charge on any atom is -0.495 e. The molecule has 0 unspecified atom stereocenters. The lowest BCUT2D eigenvalue weighted by Crippen LogP contribution is -2.44. The smallest absolute Gasteiger partial charge is 0.233 e. The topological polar surface area (TPSA) is 75.7 Å². The fourth-order valence-electron chi connectivity index (χ4n) is 6.39. The second-order valence-electron chi connectivity index (χ2n) is 9.27. The highest BCUT2D eigenvalue weighted by Crippen LogP contribution is 2.56. The number of nitrogens with one attached hydrogen (secondary N) is 1. The first-order valence-corrected chi connectivity index (χ1v) is 11.8. The van der Waals surface area contributed by atoms with Gasteiger partial charge in [-0.15, -0.1) is 0 Å². The van der Waals surface area contributed by atoms with Gasteiger partial charge in [0, 0.05) is 16.4 Å². The number of carbonyl (C=O) groups is 3. The minimum absolute atomic E-state index is 0.0249. The molecule has 3 amide bonds. The number of anilines is 1.